The Morgan fingerprint density at radius 1 is 1.28 bits per heavy atom. The largest absolute Gasteiger partial charge is 0.376 e. The molecule has 102 valence electrons. The van der Waals surface area contributed by atoms with Gasteiger partial charge in [-0.2, -0.15) is 0 Å². The first-order valence-electron chi connectivity index (χ1n) is 7.23. The van der Waals surface area contributed by atoms with E-state index in [2.05, 4.69) is 31.3 Å². The molecule has 3 nitrogen and oxygen atoms in total. The van der Waals surface area contributed by atoms with Crippen LogP contribution in [0.4, 0.5) is 0 Å². The zero-order valence-corrected chi connectivity index (χ0v) is 11.5. The first kappa shape index (κ1) is 13.6. The van der Waals surface area contributed by atoms with Gasteiger partial charge in [0, 0.05) is 12.5 Å². The summed E-state index contributed by atoms with van der Waals surface area (Å²) >= 11 is 0. The number of amides is 1. The number of carbonyl (C=O) groups is 1. The second kappa shape index (κ2) is 6.37. The van der Waals surface area contributed by atoms with Crippen LogP contribution in [-0.4, -0.2) is 24.7 Å². The molecule has 1 amide bonds. The molecule has 2 aliphatic rings. The molecule has 18 heavy (non-hydrogen) atoms. The number of allylic oxidation sites excluding steroid dienone is 2. The van der Waals surface area contributed by atoms with E-state index in [1.165, 1.54) is 0 Å². The van der Waals surface area contributed by atoms with Crippen molar-refractivity contribution in [1.29, 1.82) is 0 Å². The van der Waals surface area contributed by atoms with Crippen molar-refractivity contribution in [3.05, 3.63) is 12.2 Å². The highest BCUT2D eigenvalue weighted by atomic mass is 16.5. The maximum Gasteiger partial charge on any atom is 0.223 e. The Hall–Kier alpha value is -0.830. The molecule has 0 radical (unpaired) electrons. The summed E-state index contributed by atoms with van der Waals surface area (Å²) in [7, 11) is 0. The lowest BCUT2D eigenvalue weighted by atomic mass is 9.91. The summed E-state index contributed by atoms with van der Waals surface area (Å²) in [5, 5.41) is 3.13. The monoisotopic (exact) mass is 251 g/mol. The van der Waals surface area contributed by atoms with Gasteiger partial charge in [-0.3, -0.25) is 4.79 Å². The van der Waals surface area contributed by atoms with Crippen molar-refractivity contribution < 1.29 is 9.53 Å². The predicted molar refractivity (Wildman–Crippen MR) is 72.2 cm³/mol. The zero-order valence-electron chi connectivity index (χ0n) is 11.5. The number of hydrogen-bond donors (Lipinski definition) is 1. The van der Waals surface area contributed by atoms with Crippen molar-refractivity contribution in [3.8, 4) is 0 Å². The number of ether oxygens (including phenoxy) is 1. The Kier molecular flexibility index (Phi) is 4.81. The van der Waals surface area contributed by atoms with E-state index >= 15 is 0 Å². The minimum atomic E-state index is 0.199. The molecule has 1 aliphatic carbocycles. The molecular weight excluding hydrogens is 226 g/mol. The SMILES string of the molecule is C[C@@H]1CC(CNC(=O)[C@@H]2CC=CCC2)C[C@H](C)O1. The number of hydrogen-bond acceptors (Lipinski definition) is 2. The molecule has 0 bridgehead atoms. The highest BCUT2D eigenvalue weighted by molar-refractivity contribution is 5.78. The molecule has 0 aromatic rings. The highest BCUT2D eigenvalue weighted by Gasteiger charge is 2.25. The summed E-state index contributed by atoms with van der Waals surface area (Å²) in [5.74, 6) is 1.02. The molecular formula is C15H25NO2. The molecule has 1 saturated heterocycles. The van der Waals surface area contributed by atoms with E-state index < -0.39 is 0 Å². The van der Waals surface area contributed by atoms with Crippen LogP contribution >= 0.6 is 0 Å². The number of carbonyl (C=O) groups excluding carboxylic acids is 1. The lowest BCUT2D eigenvalue weighted by Gasteiger charge is -2.32. The van der Waals surface area contributed by atoms with Crippen molar-refractivity contribution in [1.82, 2.24) is 5.32 Å². The molecule has 1 N–H and O–H groups in total. The van der Waals surface area contributed by atoms with Crippen molar-refractivity contribution in [2.45, 2.75) is 58.2 Å². The molecule has 0 aromatic carbocycles. The molecule has 0 saturated carbocycles. The van der Waals surface area contributed by atoms with Gasteiger partial charge in [-0.1, -0.05) is 12.2 Å². The molecule has 1 aliphatic heterocycles. The van der Waals surface area contributed by atoms with Crippen molar-refractivity contribution in [3.63, 3.8) is 0 Å². The Labute approximate surface area is 110 Å². The summed E-state index contributed by atoms with van der Waals surface area (Å²) in [4.78, 5) is 12.0. The fourth-order valence-electron chi connectivity index (χ4n) is 3.13. The molecule has 4 atom stereocenters. The topological polar surface area (TPSA) is 38.3 Å². The Morgan fingerprint density at radius 3 is 2.61 bits per heavy atom. The third kappa shape index (κ3) is 3.84. The van der Waals surface area contributed by atoms with Crippen LogP contribution in [0.25, 0.3) is 0 Å². The van der Waals surface area contributed by atoms with E-state index in [9.17, 15) is 4.79 Å². The van der Waals surface area contributed by atoms with Crippen LogP contribution in [-0.2, 0) is 9.53 Å². The van der Waals surface area contributed by atoms with E-state index in [0.29, 0.717) is 18.1 Å². The first-order chi connectivity index (χ1) is 8.65. The Bertz CT molecular complexity index is 304. The van der Waals surface area contributed by atoms with Gasteiger partial charge >= 0.3 is 0 Å². The Morgan fingerprint density at radius 2 is 2.00 bits per heavy atom. The predicted octanol–water partition coefficient (Wildman–Crippen LogP) is 2.66. The van der Waals surface area contributed by atoms with Crippen LogP contribution in [0, 0.1) is 11.8 Å². The molecule has 1 fully saturated rings. The highest BCUT2D eigenvalue weighted by Crippen LogP contribution is 2.24. The van der Waals surface area contributed by atoms with Crippen molar-refractivity contribution in [2.24, 2.45) is 11.8 Å². The van der Waals surface area contributed by atoms with Gasteiger partial charge in [0.2, 0.25) is 5.91 Å². The van der Waals surface area contributed by atoms with Crippen LogP contribution < -0.4 is 5.32 Å². The second-order valence-corrected chi connectivity index (χ2v) is 5.82. The van der Waals surface area contributed by atoms with E-state index in [-0.39, 0.29) is 11.8 Å². The third-order valence-electron chi connectivity index (χ3n) is 4.00. The normalized spacial score (nSPS) is 36.3. The van der Waals surface area contributed by atoms with Gasteiger partial charge in [0.15, 0.2) is 0 Å². The fraction of sp³-hybridized carbons (Fsp3) is 0.800. The molecule has 1 unspecified atom stereocenters. The van der Waals surface area contributed by atoms with Crippen LogP contribution in [0.15, 0.2) is 12.2 Å². The van der Waals surface area contributed by atoms with Gasteiger partial charge in [0.1, 0.15) is 0 Å². The van der Waals surface area contributed by atoms with Crippen molar-refractivity contribution >= 4 is 5.91 Å². The van der Waals surface area contributed by atoms with Gasteiger partial charge in [-0.15, -0.1) is 0 Å². The minimum absolute atomic E-state index is 0.199. The quantitative estimate of drug-likeness (QED) is 0.783. The maximum atomic E-state index is 12.0. The average Bonchev–Trinajstić information content (AvgIpc) is 2.36. The minimum Gasteiger partial charge on any atom is -0.376 e. The summed E-state index contributed by atoms with van der Waals surface area (Å²) in [6.45, 7) is 5.06. The molecule has 3 heteroatoms. The standard InChI is InChI=1S/C15H25NO2/c1-11-8-13(9-12(2)18-11)10-16-15(17)14-6-4-3-5-7-14/h3-4,11-14H,5-10H2,1-2H3,(H,16,17)/t11-,12+,13?,14-/m1/s1. The summed E-state index contributed by atoms with van der Waals surface area (Å²) < 4.78 is 5.72. The first-order valence-corrected chi connectivity index (χ1v) is 7.23. The maximum absolute atomic E-state index is 12.0. The summed E-state index contributed by atoms with van der Waals surface area (Å²) in [6, 6.07) is 0. The number of rotatable bonds is 3. The molecule has 2 rings (SSSR count). The zero-order chi connectivity index (χ0) is 13.0. The summed E-state index contributed by atoms with van der Waals surface area (Å²) in [6.07, 6.45) is 10.0. The fourth-order valence-corrected chi connectivity index (χ4v) is 3.13. The lowest BCUT2D eigenvalue weighted by molar-refractivity contribution is -0.126. The average molecular weight is 251 g/mol. The summed E-state index contributed by atoms with van der Waals surface area (Å²) in [5.41, 5.74) is 0. The van der Waals surface area contributed by atoms with Crippen LogP contribution in [0.5, 0.6) is 0 Å². The van der Waals surface area contributed by atoms with Gasteiger partial charge in [0.25, 0.3) is 0 Å². The Balaban J connectivity index is 1.73. The van der Waals surface area contributed by atoms with E-state index in [1.54, 1.807) is 0 Å². The van der Waals surface area contributed by atoms with Crippen LogP contribution in [0.1, 0.15) is 46.0 Å². The van der Waals surface area contributed by atoms with Crippen LogP contribution in [0.2, 0.25) is 0 Å². The molecule has 0 spiro atoms. The van der Waals surface area contributed by atoms with Gasteiger partial charge in [-0.05, 0) is 51.9 Å². The molecule has 1 heterocycles. The lowest BCUT2D eigenvalue weighted by Crippen LogP contribution is -2.39. The van der Waals surface area contributed by atoms with Gasteiger partial charge in [0.05, 0.1) is 12.2 Å². The van der Waals surface area contributed by atoms with Gasteiger partial charge in [-0.25, -0.2) is 0 Å². The van der Waals surface area contributed by atoms with Gasteiger partial charge < -0.3 is 10.1 Å². The van der Waals surface area contributed by atoms with E-state index in [1.807, 2.05) is 0 Å². The van der Waals surface area contributed by atoms with E-state index in [0.717, 1.165) is 38.6 Å². The smallest absolute Gasteiger partial charge is 0.223 e. The van der Waals surface area contributed by atoms with Crippen molar-refractivity contribution in [2.75, 3.05) is 6.54 Å². The van der Waals surface area contributed by atoms with Crippen LogP contribution in [0.3, 0.4) is 0 Å². The number of nitrogens with one attached hydrogen (secondary N) is 1. The third-order valence-corrected chi connectivity index (χ3v) is 4.00. The van der Waals surface area contributed by atoms with E-state index in [4.69, 9.17) is 4.74 Å². The molecule has 0 aromatic heterocycles. The second-order valence-electron chi connectivity index (χ2n) is 5.82.